The lowest BCUT2D eigenvalue weighted by molar-refractivity contribution is 0.518. The van der Waals surface area contributed by atoms with Crippen LogP contribution in [0.4, 0.5) is 20.3 Å². The summed E-state index contributed by atoms with van der Waals surface area (Å²) >= 11 is 0. The van der Waals surface area contributed by atoms with Crippen LogP contribution in [0.1, 0.15) is 31.9 Å². The van der Waals surface area contributed by atoms with E-state index in [-0.39, 0.29) is 11.2 Å². The zero-order valence-electron chi connectivity index (χ0n) is 14.1. The fourth-order valence-corrected chi connectivity index (χ4v) is 2.94. The number of rotatable bonds is 2. The van der Waals surface area contributed by atoms with E-state index in [0.29, 0.717) is 22.0 Å². The number of pyridine rings is 2. The molecule has 124 valence electrons. The summed E-state index contributed by atoms with van der Waals surface area (Å²) in [5.74, 6) is -0.720. The van der Waals surface area contributed by atoms with Crippen molar-refractivity contribution in [1.82, 2.24) is 9.97 Å². The highest BCUT2D eigenvalue weighted by Crippen LogP contribution is 2.32. The van der Waals surface area contributed by atoms with Gasteiger partial charge in [-0.1, -0.05) is 20.8 Å². The van der Waals surface area contributed by atoms with E-state index in [9.17, 15) is 8.78 Å². The molecule has 2 heterocycles. The third-order valence-corrected chi connectivity index (χ3v) is 3.93. The molecule has 0 radical (unpaired) electrons. The van der Waals surface area contributed by atoms with Crippen molar-refractivity contribution >= 4 is 22.3 Å². The van der Waals surface area contributed by atoms with Crippen molar-refractivity contribution in [3.8, 4) is 0 Å². The Bertz CT molecular complexity index is 914. The summed E-state index contributed by atoms with van der Waals surface area (Å²) in [5.41, 5.74) is 1.49. The van der Waals surface area contributed by atoms with Crippen LogP contribution in [0, 0.1) is 18.6 Å². The number of nitrogens with zero attached hydrogens (tertiary/aromatic N) is 2. The van der Waals surface area contributed by atoms with Crippen molar-refractivity contribution in [3.05, 3.63) is 59.6 Å². The minimum absolute atomic E-state index is 0.0957. The molecule has 0 unspecified atom stereocenters. The Balaban J connectivity index is 2.06. The number of benzene rings is 1. The van der Waals surface area contributed by atoms with Crippen LogP contribution in [-0.4, -0.2) is 9.97 Å². The van der Waals surface area contributed by atoms with Crippen LogP contribution >= 0.6 is 0 Å². The number of hydrogen-bond donors (Lipinski definition) is 1. The van der Waals surface area contributed by atoms with Gasteiger partial charge in [-0.05, 0) is 41.5 Å². The zero-order chi connectivity index (χ0) is 17.5. The first kappa shape index (κ1) is 16.3. The number of nitrogens with one attached hydrogen (secondary N) is 1. The van der Waals surface area contributed by atoms with Gasteiger partial charge in [-0.15, -0.1) is 0 Å². The van der Waals surface area contributed by atoms with Gasteiger partial charge in [-0.3, -0.25) is 4.98 Å². The molecule has 0 aliphatic rings. The summed E-state index contributed by atoms with van der Waals surface area (Å²) in [5, 5.41) is 4.02. The van der Waals surface area contributed by atoms with Crippen LogP contribution in [0.3, 0.4) is 0 Å². The lowest BCUT2D eigenvalue weighted by atomic mass is 9.84. The molecule has 0 spiro atoms. The second-order valence-corrected chi connectivity index (χ2v) is 6.91. The highest BCUT2D eigenvalue weighted by atomic mass is 19.1. The van der Waals surface area contributed by atoms with Crippen molar-refractivity contribution in [2.24, 2.45) is 0 Å². The quantitative estimate of drug-likeness (QED) is 0.698. The molecule has 1 aromatic carbocycles. The lowest BCUT2D eigenvalue weighted by Gasteiger charge is -2.23. The molecule has 5 heteroatoms. The van der Waals surface area contributed by atoms with Crippen molar-refractivity contribution in [3.63, 3.8) is 0 Å². The van der Waals surface area contributed by atoms with E-state index < -0.39 is 11.6 Å². The number of halogens is 2. The molecule has 3 nitrogen and oxygen atoms in total. The largest absolute Gasteiger partial charge is 0.338 e. The van der Waals surface area contributed by atoms with Crippen molar-refractivity contribution in [2.75, 3.05) is 5.32 Å². The molecule has 0 amide bonds. The summed E-state index contributed by atoms with van der Waals surface area (Å²) < 4.78 is 29.1. The van der Waals surface area contributed by atoms with Gasteiger partial charge in [0.05, 0.1) is 0 Å². The molecule has 1 N–H and O–H groups in total. The molecule has 2 aromatic heterocycles. The predicted octanol–water partition coefficient (Wildman–Crippen LogP) is 5.26. The maximum absolute atomic E-state index is 14.9. The average Bonchev–Trinajstić information content (AvgIpc) is 2.49. The van der Waals surface area contributed by atoms with Crippen LogP contribution in [0.2, 0.25) is 0 Å². The fourth-order valence-electron chi connectivity index (χ4n) is 2.94. The van der Waals surface area contributed by atoms with Gasteiger partial charge in [0, 0.05) is 35.2 Å². The monoisotopic (exact) mass is 327 g/mol. The van der Waals surface area contributed by atoms with E-state index in [1.807, 2.05) is 27.7 Å². The molecule has 0 bridgehead atoms. The summed E-state index contributed by atoms with van der Waals surface area (Å²) in [6, 6.07) is 4.78. The third kappa shape index (κ3) is 2.94. The average molecular weight is 327 g/mol. The summed E-state index contributed by atoms with van der Waals surface area (Å²) in [4.78, 5) is 8.05. The first-order chi connectivity index (χ1) is 11.3. The first-order valence-electron chi connectivity index (χ1n) is 7.73. The molecule has 0 fully saturated rings. The van der Waals surface area contributed by atoms with Crippen LogP contribution in [0.25, 0.3) is 10.8 Å². The minimum atomic E-state index is -0.410. The standard InChI is InChI=1S/C19H19F2N3/c1-11-9-23-18(17(21)16(11)19(2,3)4)24-13-7-12-5-6-22-10-14(12)15(20)8-13/h5-10H,1-4H3,(H,23,24). The second kappa shape index (κ2) is 5.82. The minimum Gasteiger partial charge on any atom is -0.338 e. The van der Waals surface area contributed by atoms with Gasteiger partial charge >= 0.3 is 0 Å². The van der Waals surface area contributed by atoms with Crippen LogP contribution in [0.15, 0.2) is 36.8 Å². The molecular weight excluding hydrogens is 308 g/mol. The van der Waals surface area contributed by atoms with Gasteiger partial charge in [0.1, 0.15) is 5.82 Å². The maximum Gasteiger partial charge on any atom is 0.169 e. The molecule has 0 aliphatic carbocycles. The third-order valence-electron chi connectivity index (χ3n) is 3.93. The molecule has 0 saturated carbocycles. The van der Waals surface area contributed by atoms with E-state index in [1.165, 1.54) is 12.3 Å². The van der Waals surface area contributed by atoms with Gasteiger partial charge in [-0.25, -0.2) is 13.8 Å². The van der Waals surface area contributed by atoms with Crippen LogP contribution in [0.5, 0.6) is 0 Å². The van der Waals surface area contributed by atoms with Gasteiger partial charge in [0.15, 0.2) is 11.6 Å². The first-order valence-corrected chi connectivity index (χ1v) is 7.73. The molecule has 3 rings (SSSR count). The second-order valence-electron chi connectivity index (χ2n) is 6.91. The highest BCUT2D eigenvalue weighted by molar-refractivity contribution is 5.86. The zero-order valence-corrected chi connectivity index (χ0v) is 14.1. The van der Waals surface area contributed by atoms with E-state index >= 15 is 0 Å². The lowest BCUT2D eigenvalue weighted by Crippen LogP contribution is -2.17. The van der Waals surface area contributed by atoms with Crippen LogP contribution < -0.4 is 5.32 Å². The highest BCUT2D eigenvalue weighted by Gasteiger charge is 2.24. The summed E-state index contributed by atoms with van der Waals surface area (Å²) in [6.45, 7) is 7.68. The molecule has 0 saturated heterocycles. The Labute approximate surface area is 139 Å². The van der Waals surface area contributed by atoms with E-state index in [2.05, 4.69) is 15.3 Å². The van der Waals surface area contributed by atoms with Crippen molar-refractivity contribution in [1.29, 1.82) is 0 Å². The molecule has 24 heavy (non-hydrogen) atoms. The van der Waals surface area contributed by atoms with E-state index in [4.69, 9.17) is 0 Å². The smallest absolute Gasteiger partial charge is 0.169 e. The summed E-state index contributed by atoms with van der Waals surface area (Å²) in [6.07, 6.45) is 4.69. The molecule has 3 aromatic rings. The van der Waals surface area contributed by atoms with Gasteiger partial charge in [0.2, 0.25) is 0 Å². The Morgan fingerprint density at radius 3 is 2.54 bits per heavy atom. The topological polar surface area (TPSA) is 37.8 Å². The number of aromatic nitrogens is 2. The Kier molecular flexibility index (Phi) is 3.95. The van der Waals surface area contributed by atoms with E-state index in [0.717, 1.165) is 5.56 Å². The number of hydrogen-bond acceptors (Lipinski definition) is 3. The molecule has 0 atom stereocenters. The SMILES string of the molecule is Cc1cnc(Nc2cc(F)c3cnccc3c2)c(F)c1C(C)(C)C. The normalized spacial score (nSPS) is 11.8. The Hall–Kier alpha value is -2.56. The maximum atomic E-state index is 14.9. The Morgan fingerprint density at radius 2 is 1.83 bits per heavy atom. The molecule has 0 aliphatic heterocycles. The van der Waals surface area contributed by atoms with E-state index in [1.54, 1.807) is 24.5 Å². The summed E-state index contributed by atoms with van der Waals surface area (Å²) in [7, 11) is 0. The van der Waals surface area contributed by atoms with Crippen molar-refractivity contribution in [2.45, 2.75) is 33.1 Å². The number of fused-ring (bicyclic) bond motifs is 1. The van der Waals surface area contributed by atoms with Gasteiger partial charge in [-0.2, -0.15) is 0 Å². The molecular formula is C19H19F2N3. The fraction of sp³-hybridized carbons (Fsp3) is 0.263. The van der Waals surface area contributed by atoms with Crippen molar-refractivity contribution < 1.29 is 8.78 Å². The number of anilines is 2. The number of aryl methyl sites for hydroxylation is 1. The Morgan fingerprint density at radius 1 is 1.08 bits per heavy atom. The van der Waals surface area contributed by atoms with Gasteiger partial charge in [0.25, 0.3) is 0 Å². The van der Waals surface area contributed by atoms with Gasteiger partial charge < -0.3 is 5.32 Å². The van der Waals surface area contributed by atoms with Crippen LogP contribution in [-0.2, 0) is 5.41 Å². The predicted molar refractivity (Wildman–Crippen MR) is 92.6 cm³/mol.